The highest BCUT2D eigenvalue weighted by molar-refractivity contribution is 5.76. The Morgan fingerprint density at radius 3 is 2.72 bits per heavy atom. The van der Waals surface area contributed by atoms with Gasteiger partial charge in [0.15, 0.2) is 0 Å². The van der Waals surface area contributed by atoms with E-state index in [4.69, 9.17) is 0 Å². The summed E-state index contributed by atoms with van der Waals surface area (Å²) < 4.78 is 0. The zero-order valence-electron chi connectivity index (χ0n) is 11.3. The van der Waals surface area contributed by atoms with E-state index >= 15 is 0 Å². The van der Waals surface area contributed by atoms with Gasteiger partial charge in [-0.15, -0.1) is 0 Å². The van der Waals surface area contributed by atoms with Crippen molar-refractivity contribution in [1.29, 1.82) is 0 Å². The highest BCUT2D eigenvalue weighted by Crippen LogP contribution is 2.18. The topological polar surface area (TPSA) is 41.1 Å². The van der Waals surface area contributed by atoms with Crippen LogP contribution in [0, 0.1) is 13.8 Å². The number of aryl methyl sites for hydroxylation is 2. The molecule has 2 rings (SSSR count). The van der Waals surface area contributed by atoms with Crippen molar-refractivity contribution in [2.45, 2.75) is 45.7 Å². The second-order valence-corrected chi connectivity index (χ2v) is 5.19. The number of rotatable bonds is 6. The third-order valence-electron chi connectivity index (χ3n) is 3.37. The monoisotopic (exact) mass is 246 g/mol. The molecule has 3 nitrogen and oxygen atoms in total. The summed E-state index contributed by atoms with van der Waals surface area (Å²) in [6, 6.07) is 6.95. The van der Waals surface area contributed by atoms with Crippen molar-refractivity contribution < 1.29 is 4.79 Å². The van der Waals surface area contributed by atoms with Crippen LogP contribution in [0.3, 0.4) is 0 Å². The van der Waals surface area contributed by atoms with Crippen LogP contribution in [0.2, 0.25) is 0 Å². The number of hydrogen-bond donors (Lipinski definition) is 2. The molecule has 0 heterocycles. The van der Waals surface area contributed by atoms with Crippen LogP contribution in [-0.4, -0.2) is 18.5 Å². The number of carbonyl (C=O) groups is 1. The molecule has 0 atom stereocenters. The maximum absolute atomic E-state index is 11.5. The first-order valence-corrected chi connectivity index (χ1v) is 6.71. The molecule has 1 amide bonds. The van der Waals surface area contributed by atoms with Crippen LogP contribution in [-0.2, 0) is 11.3 Å². The van der Waals surface area contributed by atoms with E-state index in [1.807, 2.05) is 0 Å². The molecule has 1 aromatic carbocycles. The quantitative estimate of drug-likeness (QED) is 0.754. The van der Waals surface area contributed by atoms with Gasteiger partial charge in [-0.2, -0.15) is 0 Å². The largest absolute Gasteiger partial charge is 0.353 e. The minimum Gasteiger partial charge on any atom is -0.353 e. The summed E-state index contributed by atoms with van der Waals surface area (Å²) in [6.07, 6.45) is 2.88. The summed E-state index contributed by atoms with van der Waals surface area (Å²) in [6.45, 7) is 5.82. The van der Waals surface area contributed by atoms with E-state index in [9.17, 15) is 4.79 Å². The Morgan fingerprint density at radius 2 is 2.06 bits per heavy atom. The highest BCUT2D eigenvalue weighted by atomic mass is 16.1. The molecule has 1 aromatic rings. The Labute approximate surface area is 109 Å². The Kier molecular flexibility index (Phi) is 4.37. The molecule has 2 N–H and O–H groups in total. The van der Waals surface area contributed by atoms with Crippen molar-refractivity contribution in [1.82, 2.24) is 10.6 Å². The fourth-order valence-corrected chi connectivity index (χ4v) is 1.88. The van der Waals surface area contributed by atoms with E-state index in [1.165, 1.54) is 16.7 Å². The predicted octanol–water partition coefficient (Wildman–Crippen LogP) is 2.06. The summed E-state index contributed by atoms with van der Waals surface area (Å²) in [5.41, 5.74) is 3.92. The SMILES string of the molecule is Cc1ccc(CNCCC(=O)NC2CC2)cc1C. The molecule has 98 valence electrons. The number of benzene rings is 1. The molecule has 0 saturated heterocycles. The minimum absolute atomic E-state index is 0.171. The number of hydrogen-bond acceptors (Lipinski definition) is 2. The molecule has 0 bridgehead atoms. The van der Waals surface area contributed by atoms with Crippen LogP contribution in [0.1, 0.15) is 36.0 Å². The van der Waals surface area contributed by atoms with Gasteiger partial charge in [0.25, 0.3) is 0 Å². The van der Waals surface area contributed by atoms with Crippen molar-refractivity contribution in [2.75, 3.05) is 6.54 Å². The van der Waals surface area contributed by atoms with Crippen LogP contribution < -0.4 is 10.6 Å². The van der Waals surface area contributed by atoms with Gasteiger partial charge in [-0.3, -0.25) is 4.79 Å². The molecule has 1 aliphatic carbocycles. The summed E-state index contributed by atoms with van der Waals surface area (Å²) in [5.74, 6) is 0.171. The van der Waals surface area contributed by atoms with E-state index in [0.717, 1.165) is 25.9 Å². The average Bonchev–Trinajstić information content (AvgIpc) is 3.13. The zero-order valence-corrected chi connectivity index (χ0v) is 11.3. The zero-order chi connectivity index (χ0) is 13.0. The summed E-state index contributed by atoms with van der Waals surface area (Å²) in [5, 5.41) is 6.30. The Bertz CT molecular complexity index is 425. The maximum Gasteiger partial charge on any atom is 0.221 e. The maximum atomic E-state index is 11.5. The standard InChI is InChI=1S/C15H22N2O/c1-11-3-4-13(9-12(11)2)10-16-8-7-15(18)17-14-5-6-14/h3-4,9,14,16H,5-8,10H2,1-2H3,(H,17,18). The van der Waals surface area contributed by atoms with Crippen LogP contribution >= 0.6 is 0 Å². The summed E-state index contributed by atoms with van der Waals surface area (Å²) in [7, 11) is 0. The lowest BCUT2D eigenvalue weighted by atomic mass is 10.1. The Morgan fingerprint density at radius 1 is 1.28 bits per heavy atom. The van der Waals surface area contributed by atoms with Gasteiger partial charge in [0.2, 0.25) is 5.91 Å². The second-order valence-electron chi connectivity index (χ2n) is 5.19. The average molecular weight is 246 g/mol. The van der Waals surface area contributed by atoms with Crippen LogP contribution in [0.15, 0.2) is 18.2 Å². The van der Waals surface area contributed by atoms with Gasteiger partial charge >= 0.3 is 0 Å². The summed E-state index contributed by atoms with van der Waals surface area (Å²) in [4.78, 5) is 11.5. The third-order valence-corrected chi connectivity index (χ3v) is 3.37. The molecule has 1 saturated carbocycles. The van der Waals surface area contributed by atoms with E-state index in [1.54, 1.807) is 0 Å². The van der Waals surface area contributed by atoms with Gasteiger partial charge in [0.05, 0.1) is 0 Å². The van der Waals surface area contributed by atoms with Gasteiger partial charge in [-0.25, -0.2) is 0 Å². The van der Waals surface area contributed by atoms with E-state index in [-0.39, 0.29) is 5.91 Å². The summed E-state index contributed by atoms with van der Waals surface area (Å²) >= 11 is 0. The third kappa shape index (κ3) is 4.15. The molecular weight excluding hydrogens is 224 g/mol. The molecule has 1 aliphatic rings. The van der Waals surface area contributed by atoms with Gasteiger partial charge in [-0.1, -0.05) is 18.2 Å². The van der Waals surface area contributed by atoms with Gasteiger partial charge in [0, 0.05) is 25.6 Å². The van der Waals surface area contributed by atoms with E-state index in [2.05, 4.69) is 42.7 Å². The smallest absolute Gasteiger partial charge is 0.221 e. The van der Waals surface area contributed by atoms with Crippen molar-refractivity contribution in [3.8, 4) is 0 Å². The lowest BCUT2D eigenvalue weighted by molar-refractivity contribution is -0.121. The van der Waals surface area contributed by atoms with Gasteiger partial charge in [-0.05, 0) is 43.4 Å². The van der Waals surface area contributed by atoms with Crippen molar-refractivity contribution in [3.05, 3.63) is 34.9 Å². The number of amides is 1. The molecular formula is C15H22N2O. The fourth-order valence-electron chi connectivity index (χ4n) is 1.88. The van der Waals surface area contributed by atoms with Crippen LogP contribution in [0.4, 0.5) is 0 Å². The van der Waals surface area contributed by atoms with Gasteiger partial charge < -0.3 is 10.6 Å². The number of nitrogens with one attached hydrogen (secondary N) is 2. The molecule has 0 unspecified atom stereocenters. The fraction of sp³-hybridized carbons (Fsp3) is 0.533. The van der Waals surface area contributed by atoms with Crippen molar-refractivity contribution in [3.63, 3.8) is 0 Å². The highest BCUT2D eigenvalue weighted by Gasteiger charge is 2.22. The second kappa shape index (κ2) is 6.01. The minimum atomic E-state index is 0.171. The van der Waals surface area contributed by atoms with Crippen LogP contribution in [0.5, 0.6) is 0 Å². The molecule has 0 radical (unpaired) electrons. The molecule has 0 spiro atoms. The van der Waals surface area contributed by atoms with Crippen LogP contribution in [0.25, 0.3) is 0 Å². The first-order chi connectivity index (χ1) is 8.65. The lowest BCUT2D eigenvalue weighted by Crippen LogP contribution is -2.29. The van der Waals surface area contributed by atoms with Crippen molar-refractivity contribution in [2.24, 2.45) is 0 Å². The normalized spacial score (nSPS) is 14.6. The Balaban J connectivity index is 1.64. The molecule has 0 aliphatic heterocycles. The molecule has 3 heteroatoms. The van der Waals surface area contributed by atoms with Gasteiger partial charge in [0.1, 0.15) is 0 Å². The first-order valence-electron chi connectivity index (χ1n) is 6.71. The molecule has 18 heavy (non-hydrogen) atoms. The van der Waals surface area contributed by atoms with E-state index < -0.39 is 0 Å². The lowest BCUT2D eigenvalue weighted by Gasteiger charge is -2.07. The number of carbonyl (C=O) groups excluding carboxylic acids is 1. The predicted molar refractivity (Wildman–Crippen MR) is 73.4 cm³/mol. The first kappa shape index (κ1) is 13.1. The van der Waals surface area contributed by atoms with E-state index in [0.29, 0.717) is 12.5 Å². The molecule has 0 aromatic heterocycles. The Hall–Kier alpha value is -1.35. The molecule has 1 fully saturated rings. The van der Waals surface area contributed by atoms with Crippen molar-refractivity contribution >= 4 is 5.91 Å².